The summed E-state index contributed by atoms with van der Waals surface area (Å²) in [5.74, 6) is 4.23. The minimum Gasteiger partial charge on any atom is -0.396 e. The monoisotopic (exact) mass is 224 g/mol. The summed E-state index contributed by atoms with van der Waals surface area (Å²) in [6.07, 6.45) is 5.29. The third kappa shape index (κ3) is 1.81. The van der Waals surface area contributed by atoms with Gasteiger partial charge in [-0.05, 0) is 54.3 Å². The molecule has 0 radical (unpaired) electrons. The number of aliphatic hydroxyl groups excluding tert-OH is 1. The van der Waals surface area contributed by atoms with Crippen molar-refractivity contribution in [3.05, 3.63) is 0 Å². The summed E-state index contributed by atoms with van der Waals surface area (Å²) < 4.78 is 0. The van der Waals surface area contributed by atoms with E-state index in [0.717, 1.165) is 30.1 Å². The molecule has 0 aromatic rings. The second-order valence-electron chi connectivity index (χ2n) is 6.91. The van der Waals surface area contributed by atoms with Crippen molar-refractivity contribution < 1.29 is 5.11 Å². The van der Waals surface area contributed by atoms with Crippen molar-refractivity contribution in [2.45, 2.75) is 53.4 Å². The zero-order valence-electron chi connectivity index (χ0n) is 11.4. The highest BCUT2D eigenvalue weighted by molar-refractivity contribution is 5.04. The lowest BCUT2D eigenvalue weighted by atomic mass is 9.43. The Morgan fingerprint density at radius 3 is 2.44 bits per heavy atom. The zero-order chi connectivity index (χ0) is 11.9. The summed E-state index contributed by atoms with van der Waals surface area (Å²) in [4.78, 5) is 0. The molecule has 3 rings (SSSR count). The highest BCUT2D eigenvalue weighted by atomic mass is 16.3. The van der Waals surface area contributed by atoms with Crippen molar-refractivity contribution in [2.24, 2.45) is 35.0 Å². The van der Waals surface area contributed by atoms with Gasteiger partial charge in [0.25, 0.3) is 0 Å². The van der Waals surface area contributed by atoms with Crippen LogP contribution >= 0.6 is 0 Å². The van der Waals surface area contributed by atoms with E-state index in [9.17, 15) is 5.11 Å². The van der Waals surface area contributed by atoms with Crippen LogP contribution in [-0.4, -0.2) is 11.7 Å². The van der Waals surface area contributed by atoms with E-state index in [1.54, 1.807) is 0 Å². The summed E-state index contributed by atoms with van der Waals surface area (Å²) in [7, 11) is 0. The SMILES string of the molecule is CC[C@H](CO)C[C@H]1C[C@H]2C[C@@H]([C@@H]1C)C2(C)C. The molecule has 0 amide bonds. The standard InChI is InChI=1S/C15H28O/c1-5-11(9-16)6-12-7-13-8-14(10(12)2)15(13,3)4/h10-14,16H,5-9H2,1-4H3/t10-,11+,12+,13+,14+/m1/s1. The van der Waals surface area contributed by atoms with E-state index < -0.39 is 0 Å². The summed E-state index contributed by atoms with van der Waals surface area (Å²) >= 11 is 0. The van der Waals surface area contributed by atoms with Gasteiger partial charge in [-0.3, -0.25) is 0 Å². The summed E-state index contributed by atoms with van der Waals surface area (Å²) in [5, 5.41) is 9.32. The van der Waals surface area contributed by atoms with Gasteiger partial charge in [-0.15, -0.1) is 0 Å². The fraction of sp³-hybridized carbons (Fsp3) is 1.00. The average molecular weight is 224 g/mol. The Hall–Kier alpha value is -0.0400. The Morgan fingerprint density at radius 1 is 1.31 bits per heavy atom. The molecule has 94 valence electrons. The Kier molecular flexibility index (Phi) is 3.36. The molecule has 1 N–H and O–H groups in total. The van der Waals surface area contributed by atoms with E-state index in [4.69, 9.17) is 0 Å². The van der Waals surface area contributed by atoms with Crippen LogP contribution in [0.3, 0.4) is 0 Å². The lowest BCUT2D eigenvalue weighted by Crippen LogP contribution is -2.55. The molecule has 3 fully saturated rings. The lowest BCUT2D eigenvalue weighted by Gasteiger charge is -2.62. The molecule has 0 saturated heterocycles. The first-order chi connectivity index (χ1) is 7.50. The Labute approximate surface area is 101 Å². The van der Waals surface area contributed by atoms with Gasteiger partial charge < -0.3 is 5.11 Å². The van der Waals surface area contributed by atoms with Crippen molar-refractivity contribution in [1.82, 2.24) is 0 Å². The van der Waals surface area contributed by atoms with Crippen LogP contribution in [-0.2, 0) is 0 Å². The van der Waals surface area contributed by atoms with Crippen LogP contribution in [0.15, 0.2) is 0 Å². The third-order valence-electron chi connectivity index (χ3n) is 5.98. The van der Waals surface area contributed by atoms with Gasteiger partial charge in [0, 0.05) is 6.61 Å². The van der Waals surface area contributed by atoms with E-state index in [1.165, 1.54) is 19.3 Å². The Balaban J connectivity index is 1.95. The van der Waals surface area contributed by atoms with Crippen molar-refractivity contribution in [1.29, 1.82) is 0 Å². The highest BCUT2D eigenvalue weighted by Crippen LogP contribution is 2.63. The normalized spacial score (nSPS) is 42.6. The molecule has 0 heterocycles. The van der Waals surface area contributed by atoms with Gasteiger partial charge >= 0.3 is 0 Å². The topological polar surface area (TPSA) is 20.2 Å². The Bertz CT molecular complexity index is 240. The van der Waals surface area contributed by atoms with Crippen LogP contribution in [0.25, 0.3) is 0 Å². The average Bonchev–Trinajstić information content (AvgIpc) is 2.26. The molecule has 3 saturated carbocycles. The zero-order valence-corrected chi connectivity index (χ0v) is 11.4. The van der Waals surface area contributed by atoms with E-state index >= 15 is 0 Å². The molecule has 0 unspecified atom stereocenters. The maximum Gasteiger partial charge on any atom is 0.0459 e. The quantitative estimate of drug-likeness (QED) is 0.771. The van der Waals surface area contributed by atoms with Gasteiger partial charge in [-0.2, -0.15) is 0 Å². The third-order valence-corrected chi connectivity index (χ3v) is 5.98. The molecule has 3 aliphatic rings. The molecule has 5 atom stereocenters. The molecule has 3 aliphatic carbocycles. The van der Waals surface area contributed by atoms with Crippen LogP contribution in [0.2, 0.25) is 0 Å². The van der Waals surface area contributed by atoms with Crippen molar-refractivity contribution in [3.63, 3.8) is 0 Å². The second kappa shape index (κ2) is 4.33. The second-order valence-corrected chi connectivity index (χ2v) is 6.91. The molecular weight excluding hydrogens is 196 g/mol. The molecule has 0 spiro atoms. The van der Waals surface area contributed by atoms with E-state index in [0.29, 0.717) is 17.9 Å². The van der Waals surface area contributed by atoms with E-state index in [1.807, 2.05) is 0 Å². The van der Waals surface area contributed by atoms with Gasteiger partial charge in [0.2, 0.25) is 0 Å². The first kappa shape index (κ1) is 12.4. The number of hydrogen-bond donors (Lipinski definition) is 1. The summed E-state index contributed by atoms with van der Waals surface area (Å²) in [6.45, 7) is 9.97. The van der Waals surface area contributed by atoms with Crippen molar-refractivity contribution in [2.75, 3.05) is 6.61 Å². The minimum absolute atomic E-state index is 0.387. The van der Waals surface area contributed by atoms with E-state index in [-0.39, 0.29) is 0 Å². The lowest BCUT2D eigenvalue weighted by molar-refractivity contribution is -0.133. The predicted molar refractivity (Wildman–Crippen MR) is 68.1 cm³/mol. The van der Waals surface area contributed by atoms with E-state index in [2.05, 4.69) is 27.7 Å². The molecule has 1 nitrogen and oxygen atoms in total. The van der Waals surface area contributed by atoms with Gasteiger partial charge in [0.05, 0.1) is 0 Å². The van der Waals surface area contributed by atoms with Crippen LogP contribution in [0.1, 0.15) is 53.4 Å². The number of fused-ring (bicyclic) bond motifs is 2. The van der Waals surface area contributed by atoms with Crippen molar-refractivity contribution in [3.8, 4) is 0 Å². The maximum absolute atomic E-state index is 9.32. The van der Waals surface area contributed by atoms with Gasteiger partial charge in [0.1, 0.15) is 0 Å². The maximum atomic E-state index is 9.32. The van der Waals surface area contributed by atoms with Crippen LogP contribution in [0, 0.1) is 35.0 Å². The molecule has 0 aromatic heterocycles. The number of hydrogen-bond acceptors (Lipinski definition) is 1. The number of aliphatic hydroxyl groups is 1. The minimum atomic E-state index is 0.387. The van der Waals surface area contributed by atoms with Gasteiger partial charge in [0.15, 0.2) is 0 Å². The van der Waals surface area contributed by atoms with Gasteiger partial charge in [-0.25, -0.2) is 0 Å². The Morgan fingerprint density at radius 2 is 2.00 bits per heavy atom. The summed E-state index contributed by atoms with van der Waals surface area (Å²) in [5.41, 5.74) is 0.608. The molecule has 0 aromatic carbocycles. The smallest absolute Gasteiger partial charge is 0.0459 e. The fourth-order valence-electron chi connectivity index (χ4n) is 4.37. The highest BCUT2D eigenvalue weighted by Gasteiger charge is 2.55. The molecule has 16 heavy (non-hydrogen) atoms. The predicted octanol–water partition coefficient (Wildman–Crippen LogP) is 3.71. The number of rotatable bonds is 4. The van der Waals surface area contributed by atoms with Crippen LogP contribution < -0.4 is 0 Å². The molecular formula is C15H28O. The van der Waals surface area contributed by atoms with Crippen LogP contribution in [0.5, 0.6) is 0 Å². The molecule has 2 bridgehead atoms. The van der Waals surface area contributed by atoms with Crippen molar-refractivity contribution >= 4 is 0 Å². The first-order valence-electron chi connectivity index (χ1n) is 7.11. The first-order valence-corrected chi connectivity index (χ1v) is 7.11. The molecule has 0 aliphatic heterocycles. The fourth-order valence-corrected chi connectivity index (χ4v) is 4.37. The summed E-state index contributed by atoms with van der Waals surface area (Å²) in [6, 6.07) is 0. The largest absolute Gasteiger partial charge is 0.396 e. The molecule has 1 heteroatoms. The van der Waals surface area contributed by atoms with Crippen LogP contribution in [0.4, 0.5) is 0 Å². The van der Waals surface area contributed by atoms with Gasteiger partial charge in [-0.1, -0.05) is 34.1 Å².